The maximum Gasteiger partial charge on any atom is 0.338 e. The average molecular weight is 584 g/mol. The fourth-order valence-corrected chi connectivity index (χ4v) is 4.72. The Morgan fingerprint density at radius 3 is 2.10 bits per heavy atom. The van der Waals surface area contributed by atoms with Gasteiger partial charge in [-0.15, -0.1) is 0 Å². The van der Waals surface area contributed by atoms with Crippen LogP contribution in [0.15, 0.2) is 57.7 Å². The van der Waals surface area contributed by atoms with E-state index in [4.69, 9.17) is 13.9 Å². The van der Waals surface area contributed by atoms with Crippen molar-refractivity contribution in [3.05, 3.63) is 69.9 Å². The van der Waals surface area contributed by atoms with Crippen LogP contribution in [0.3, 0.4) is 0 Å². The minimum Gasteiger partial charge on any atom is -0.508 e. The van der Waals surface area contributed by atoms with Gasteiger partial charge in [0.15, 0.2) is 28.8 Å². The fourth-order valence-electron chi connectivity index (χ4n) is 4.72. The van der Waals surface area contributed by atoms with E-state index in [1.54, 1.807) is 0 Å². The number of phenols is 6. The second-order valence-corrected chi connectivity index (χ2v) is 9.54. The van der Waals surface area contributed by atoms with Crippen molar-refractivity contribution >= 4 is 16.9 Å². The molecule has 0 bridgehead atoms. The Bertz CT molecular complexity index is 1700. The number of aliphatic hydroxyl groups is 3. The molecule has 14 heteroatoms. The van der Waals surface area contributed by atoms with E-state index in [9.17, 15) is 55.5 Å². The van der Waals surface area contributed by atoms with E-state index < -0.39 is 93.8 Å². The SMILES string of the molecule is O=C(O[C@@H]1[C@@H](O)[C@H](O)[C@@H](CO)O[C@H]1c1c(O)cc2oc(-c3ccc(O)cc3)cc(=O)c2c1O)c1cc(O)c(O)c(O)c1. The first-order valence-corrected chi connectivity index (χ1v) is 12.3. The van der Waals surface area contributed by atoms with Crippen molar-refractivity contribution in [1.29, 1.82) is 0 Å². The molecule has 0 spiro atoms. The van der Waals surface area contributed by atoms with Gasteiger partial charge in [-0.2, -0.15) is 0 Å². The molecule has 0 saturated carbocycles. The molecular weight excluding hydrogens is 560 g/mol. The highest BCUT2D eigenvalue weighted by Gasteiger charge is 2.49. The number of benzene rings is 3. The Hall–Kier alpha value is -5.02. The summed E-state index contributed by atoms with van der Waals surface area (Å²) in [6.45, 7) is -0.845. The van der Waals surface area contributed by atoms with E-state index in [1.807, 2.05) is 0 Å². The second-order valence-electron chi connectivity index (χ2n) is 9.54. The van der Waals surface area contributed by atoms with Gasteiger partial charge in [-0.25, -0.2) is 4.79 Å². The monoisotopic (exact) mass is 584 g/mol. The van der Waals surface area contributed by atoms with Crippen LogP contribution in [0.25, 0.3) is 22.3 Å². The number of ether oxygens (including phenoxy) is 2. The number of hydrogen-bond donors (Lipinski definition) is 9. The van der Waals surface area contributed by atoms with Gasteiger partial charge >= 0.3 is 5.97 Å². The molecule has 2 heterocycles. The average Bonchev–Trinajstić information content (AvgIpc) is 2.94. The number of fused-ring (bicyclic) bond motifs is 1. The highest BCUT2D eigenvalue weighted by molar-refractivity contribution is 5.91. The zero-order valence-corrected chi connectivity index (χ0v) is 21.3. The summed E-state index contributed by atoms with van der Waals surface area (Å²) >= 11 is 0. The van der Waals surface area contributed by atoms with E-state index in [-0.39, 0.29) is 17.1 Å². The summed E-state index contributed by atoms with van der Waals surface area (Å²) in [5.74, 6) is -5.56. The number of rotatable bonds is 5. The summed E-state index contributed by atoms with van der Waals surface area (Å²) in [6, 6.07) is 9.17. The number of phenolic OH excluding ortho intramolecular Hbond substituents is 6. The summed E-state index contributed by atoms with van der Waals surface area (Å²) in [5.41, 5.74) is -1.68. The predicted octanol–water partition coefficient (Wildman–Crippen LogP) is 1.07. The minimum atomic E-state index is -1.98. The molecule has 42 heavy (non-hydrogen) atoms. The molecule has 0 radical (unpaired) electrons. The molecule has 0 unspecified atom stereocenters. The highest BCUT2D eigenvalue weighted by Crippen LogP contribution is 2.46. The zero-order valence-electron chi connectivity index (χ0n) is 21.3. The predicted molar refractivity (Wildman–Crippen MR) is 140 cm³/mol. The third-order valence-electron chi connectivity index (χ3n) is 6.86. The van der Waals surface area contributed by atoms with Crippen LogP contribution in [0.2, 0.25) is 0 Å². The Labute approximate surface area is 234 Å². The van der Waals surface area contributed by atoms with Gasteiger partial charge in [-0.1, -0.05) is 0 Å². The molecule has 0 aliphatic carbocycles. The van der Waals surface area contributed by atoms with Crippen LogP contribution < -0.4 is 5.43 Å². The van der Waals surface area contributed by atoms with Gasteiger partial charge in [-0.05, 0) is 36.4 Å². The third-order valence-corrected chi connectivity index (χ3v) is 6.86. The Balaban J connectivity index is 1.60. The summed E-state index contributed by atoms with van der Waals surface area (Å²) in [4.78, 5) is 26.0. The van der Waals surface area contributed by atoms with Crippen LogP contribution >= 0.6 is 0 Å². The summed E-state index contributed by atoms with van der Waals surface area (Å²) in [7, 11) is 0. The van der Waals surface area contributed by atoms with Crippen molar-refractivity contribution in [2.45, 2.75) is 30.5 Å². The van der Waals surface area contributed by atoms with Gasteiger partial charge in [0, 0.05) is 17.7 Å². The first-order valence-electron chi connectivity index (χ1n) is 12.3. The van der Waals surface area contributed by atoms with Gasteiger partial charge in [0.05, 0.1) is 17.7 Å². The van der Waals surface area contributed by atoms with E-state index in [1.165, 1.54) is 24.3 Å². The molecule has 1 aliphatic rings. The van der Waals surface area contributed by atoms with Crippen molar-refractivity contribution in [3.8, 4) is 45.8 Å². The van der Waals surface area contributed by atoms with Crippen LogP contribution in [0.5, 0.6) is 34.5 Å². The maximum atomic E-state index is 13.1. The van der Waals surface area contributed by atoms with E-state index in [0.29, 0.717) is 5.56 Å². The molecule has 3 aromatic carbocycles. The zero-order chi connectivity index (χ0) is 30.5. The number of hydrogen-bond acceptors (Lipinski definition) is 14. The number of carbonyl (C=O) groups is 1. The number of carbonyl (C=O) groups excluding carboxylic acids is 1. The number of aromatic hydroxyl groups is 6. The minimum absolute atomic E-state index is 0.0305. The Kier molecular flexibility index (Phi) is 7.30. The second kappa shape index (κ2) is 10.8. The van der Waals surface area contributed by atoms with Crippen molar-refractivity contribution < 1.29 is 64.6 Å². The van der Waals surface area contributed by atoms with E-state index in [2.05, 4.69) is 0 Å². The Morgan fingerprint density at radius 2 is 1.48 bits per heavy atom. The van der Waals surface area contributed by atoms with Gasteiger partial charge in [0.25, 0.3) is 0 Å². The first kappa shape index (κ1) is 28.5. The molecule has 1 aliphatic heterocycles. The van der Waals surface area contributed by atoms with Crippen LogP contribution in [-0.4, -0.2) is 83.0 Å². The fraction of sp³-hybridized carbons (Fsp3) is 0.214. The number of esters is 1. The molecule has 14 nitrogen and oxygen atoms in total. The lowest BCUT2D eigenvalue weighted by Gasteiger charge is -2.42. The molecular formula is C28H24O14. The van der Waals surface area contributed by atoms with Crippen LogP contribution in [0.4, 0.5) is 0 Å². The molecule has 220 valence electrons. The van der Waals surface area contributed by atoms with Crippen molar-refractivity contribution in [2.75, 3.05) is 6.61 Å². The van der Waals surface area contributed by atoms with Crippen LogP contribution in [-0.2, 0) is 9.47 Å². The molecule has 1 aromatic heterocycles. The summed E-state index contributed by atoms with van der Waals surface area (Å²) in [5, 5.41) is 91.2. The maximum absolute atomic E-state index is 13.1. The lowest BCUT2D eigenvalue weighted by molar-refractivity contribution is -0.232. The highest BCUT2D eigenvalue weighted by atomic mass is 16.6. The standard InChI is InChI=1S/C28H24O14/c29-9-19-23(36)25(38)27(42-28(39)11-5-15(33)22(35)16(34)6-11)26(41-19)21-14(32)8-18-20(24(21)37)13(31)7-17(40-18)10-1-3-12(30)4-2-10/h1-8,19,23,25-27,29-30,32-38H,9H2/t19-,23-,25+,26+,27-/m1/s1. The third kappa shape index (κ3) is 4.88. The molecule has 1 saturated heterocycles. The summed E-state index contributed by atoms with van der Waals surface area (Å²) in [6.07, 6.45) is -8.99. The lowest BCUT2D eigenvalue weighted by Crippen LogP contribution is -2.56. The molecule has 9 N–H and O–H groups in total. The number of aliphatic hydroxyl groups excluding tert-OH is 3. The van der Waals surface area contributed by atoms with Crippen molar-refractivity contribution in [3.63, 3.8) is 0 Å². The largest absolute Gasteiger partial charge is 0.508 e. The van der Waals surface area contributed by atoms with Crippen molar-refractivity contribution in [1.82, 2.24) is 0 Å². The topological polar surface area (TPSA) is 248 Å². The van der Waals surface area contributed by atoms with E-state index in [0.717, 1.165) is 24.3 Å². The van der Waals surface area contributed by atoms with Crippen LogP contribution in [0, 0.1) is 0 Å². The molecule has 1 fully saturated rings. The van der Waals surface area contributed by atoms with Gasteiger partial charge in [-0.3, -0.25) is 4.79 Å². The van der Waals surface area contributed by atoms with Gasteiger partial charge < -0.3 is 59.8 Å². The lowest BCUT2D eigenvalue weighted by atomic mass is 9.89. The first-order chi connectivity index (χ1) is 19.9. The van der Waals surface area contributed by atoms with Crippen LogP contribution in [0.1, 0.15) is 22.0 Å². The van der Waals surface area contributed by atoms with E-state index >= 15 is 0 Å². The quantitative estimate of drug-likeness (QED) is 0.118. The van der Waals surface area contributed by atoms with Gasteiger partial charge in [0.2, 0.25) is 0 Å². The van der Waals surface area contributed by atoms with Gasteiger partial charge in [0.1, 0.15) is 58.4 Å². The normalized spacial score (nSPS) is 22.2. The molecule has 5 rings (SSSR count). The summed E-state index contributed by atoms with van der Waals surface area (Å²) < 4.78 is 16.6. The Morgan fingerprint density at radius 1 is 0.833 bits per heavy atom. The smallest absolute Gasteiger partial charge is 0.338 e. The molecule has 0 amide bonds. The molecule has 4 aromatic rings. The molecule has 5 atom stereocenters. The van der Waals surface area contributed by atoms with Crippen molar-refractivity contribution in [2.24, 2.45) is 0 Å².